The number of nitrogens with zero attached hydrogens (tertiary/aromatic N) is 2. The molecule has 0 aliphatic heterocycles. The molecular weight excluding hydrogens is 342 g/mol. The van der Waals surface area contributed by atoms with E-state index in [2.05, 4.69) is 10.3 Å². The molecule has 2 aromatic heterocycles. The number of fused-ring (bicyclic) bond motifs is 1. The van der Waals surface area contributed by atoms with Crippen molar-refractivity contribution in [3.63, 3.8) is 0 Å². The van der Waals surface area contributed by atoms with Gasteiger partial charge in [-0.15, -0.1) is 0 Å². The van der Waals surface area contributed by atoms with Crippen LogP contribution in [0.4, 0.5) is 5.69 Å². The lowest BCUT2D eigenvalue weighted by Crippen LogP contribution is -2.19. The first kappa shape index (κ1) is 17.1. The SMILES string of the molecule is COCCn1c(=NC(=O)c2ccco2)sc2cc(NC(C)=O)ccc21. The molecule has 1 aromatic carbocycles. The van der Waals surface area contributed by atoms with Crippen LogP contribution in [-0.4, -0.2) is 30.1 Å². The highest BCUT2D eigenvalue weighted by Gasteiger charge is 2.11. The predicted molar refractivity (Wildman–Crippen MR) is 94.6 cm³/mol. The lowest BCUT2D eigenvalue weighted by Gasteiger charge is -2.05. The largest absolute Gasteiger partial charge is 0.459 e. The fourth-order valence-corrected chi connectivity index (χ4v) is 3.47. The Balaban J connectivity index is 2.08. The minimum Gasteiger partial charge on any atom is -0.459 e. The van der Waals surface area contributed by atoms with Gasteiger partial charge < -0.3 is 19.0 Å². The van der Waals surface area contributed by atoms with Crippen molar-refractivity contribution in [3.05, 3.63) is 47.2 Å². The molecule has 0 unspecified atom stereocenters. The number of hydrogen-bond donors (Lipinski definition) is 1. The van der Waals surface area contributed by atoms with Gasteiger partial charge in [0.05, 0.1) is 23.1 Å². The molecule has 0 spiro atoms. The summed E-state index contributed by atoms with van der Waals surface area (Å²) >= 11 is 1.37. The summed E-state index contributed by atoms with van der Waals surface area (Å²) in [6, 6.07) is 8.79. The maximum absolute atomic E-state index is 12.2. The Kier molecular flexibility index (Phi) is 5.11. The van der Waals surface area contributed by atoms with Gasteiger partial charge in [0.1, 0.15) is 0 Å². The maximum Gasteiger partial charge on any atom is 0.315 e. The summed E-state index contributed by atoms with van der Waals surface area (Å²) in [5.41, 5.74) is 1.62. The second kappa shape index (κ2) is 7.45. The van der Waals surface area contributed by atoms with Gasteiger partial charge in [-0.25, -0.2) is 0 Å². The number of ether oxygens (including phenoxy) is 1. The summed E-state index contributed by atoms with van der Waals surface area (Å²) in [4.78, 5) is 28.2. The molecule has 25 heavy (non-hydrogen) atoms. The third-order valence-corrected chi connectivity index (χ3v) is 4.49. The molecule has 0 bridgehead atoms. The number of amides is 2. The smallest absolute Gasteiger partial charge is 0.315 e. The number of nitrogens with one attached hydrogen (secondary N) is 1. The van der Waals surface area contributed by atoms with Gasteiger partial charge in [-0.05, 0) is 30.3 Å². The van der Waals surface area contributed by atoms with Crippen LogP contribution < -0.4 is 10.1 Å². The summed E-state index contributed by atoms with van der Waals surface area (Å²) < 4.78 is 13.1. The van der Waals surface area contributed by atoms with Gasteiger partial charge in [-0.1, -0.05) is 11.3 Å². The number of hydrogen-bond acceptors (Lipinski definition) is 5. The van der Waals surface area contributed by atoms with Gasteiger partial charge >= 0.3 is 5.91 Å². The van der Waals surface area contributed by atoms with Crippen molar-refractivity contribution in [1.29, 1.82) is 0 Å². The molecule has 8 heteroatoms. The van der Waals surface area contributed by atoms with Gasteiger partial charge in [0.15, 0.2) is 10.6 Å². The highest BCUT2D eigenvalue weighted by Crippen LogP contribution is 2.22. The van der Waals surface area contributed by atoms with E-state index >= 15 is 0 Å². The summed E-state index contributed by atoms with van der Waals surface area (Å²) in [5, 5.41) is 2.75. The van der Waals surface area contributed by atoms with Crippen LogP contribution in [0, 0.1) is 0 Å². The normalized spacial score (nSPS) is 11.8. The first-order valence-electron chi connectivity index (χ1n) is 7.61. The molecule has 3 rings (SSSR count). The zero-order valence-electron chi connectivity index (χ0n) is 13.8. The molecule has 2 heterocycles. The molecule has 0 aliphatic carbocycles. The topological polar surface area (TPSA) is 85.8 Å². The Morgan fingerprint density at radius 2 is 2.20 bits per heavy atom. The van der Waals surface area contributed by atoms with E-state index < -0.39 is 5.91 Å². The minimum absolute atomic E-state index is 0.138. The van der Waals surface area contributed by atoms with Crippen LogP contribution in [0.5, 0.6) is 0 Å². The quantitative estimate of drug-likeness (QED) is 0.759. The molecule has 0 fully saturated rings. The number of rotatable bonds is 5. The predicted octanol–water partition coefficient (Wildman–Crippen LogP) is 2.64. The van der Waals surface area contributed by atoms with E-state index in [1.54, 1.807) is 19.2 Å². The number of aromatic nitrogens is 1. The van der Waals surface area contributed by atoms with E-state index in [1.165, 1.54) is 24.5 Å². The molecule has 0 saturated carbocycles. The second-order valence-corrected chi connectivity index (χ2v) is 6.30. The molecule has 0 aliphatic rings. The van der Waals surface area contributed by atoms with Gasteiger partial charge in [0.2, 0.25) is 5.91 Å². The number of carbonyl (C=O) groups is 2. The highest BCUT2D eigenvalue weighted by molar-refractivity contribution is 7.16. The summed E-state index contributed by atoms with van der Waals surface area (Å²) in [7, 11) is 1.62. The zero-order valence-corrected chi connectivity index (χ0v) is 14.6. The van der Waals surface area contributed by atoms with Crippen molar-refractivity contribution in [2.45, 2.75) is 13.5 Å². The second-order valence-electron chi connectivity index (χ2n) is 5.29. The molecule has 7 nitrogen and oxygen atoms in total. The van der Waals surface area contributed by atoms with E-state index in [1.807, 2.05) is 22.8 Å². The van der Waals surface area contributed by atoms with E-state index in [4.69, 9.17) is 9.15 Å². The van der Waals surface area contributed by atoms with Crippen molar-refractivity contribution in [3.8, 4) is 0 Å². The third-order valence-electron chi connectivity index (χ3n) is 3.45. The number of methoxy groups -OCH3 is 1. The van der Waals surface area contributed by atoms with Gasteiger partial charge in [0.25, 0.3) is 0 Å². The number of benzene rings is 1. The van der Waals surface area contributed by atoms with Crippen molar-refractivity contribution < 1.29 is 18.7 Å². The van der Waals surface area contributed by atoms with Crippen molar-refractivity contribution in [2.75, 3.05) is 19.0 Å². The summed E-state index contributed by atoms with van der Waals surface area (Å²) in [5.74, 6) is -0.388. The number of anilines is 1. The molecule has 0 radical (unpaired) electrons. The number of carbonyl (C=O) groups excluding carboxylic acids is 2. The number of thiazole rings is 1. The molecular formula is C17H17N3O4S. The first-order chi connectivity index (χ1) is 12.1. The van der Waals surface area contributed by atoms with Crippen LogP contribution in [-0.2, 0) is 16.1 Å². The van der Waals surface area contributed by atoms with Crippen LogP contribution in [0.15, 0.2) is 46.0 Å². The van der Waals surface area contributed by atoms with E-state index in [-0.39, 0.29) is 11.7 Å². The van der Waals surface area contributed by atoms with Crippen LogP contribution >= 0.6 is 11.3 Å². The molecule has 0 atom stereocenters. The average molecular weight is 359 g/mol. The van der Waals surface area contributed by atoms with E-state index in [0.717, 1.165) is 10.2 Å². The summed E-state index contributed by atoms with van der Waals surface area (Å²) in [6.07, 6.45) is 1.44. The Labute approximate surface area is 147 Å². The number of furan rings is 1. The van der Waals surface area contributed by atoms with E-state index in [0.29, 0.717) is 23.6 Å². The Morgan fingerprint density at radius 1 is 1.36 bits per heavy atom. The van der Waals surface area contributed by atoms with Crippen molar-refractivity contribution >= 4 is 39.1 Å². The standard InChI is InChI=1S/C17H17N3O4S/c1-11(21)18-12-5-6-13-15(10-12)25-17(20(13)7-9-23-2)19-16(22)14-4-3-8-24-14/h3-6,8,10H,7,9H2,1-2H3,(H,18,21). The van der Waals surface area contributed by atoms with Crippen LogP contribution in [0.1, 0.15) is 17.5 Å². The average Bonchev–Trinajstić information content (AvgIpc) is 3.20. The molecule has 0 saturated heterocycles. The van der Waals surface area contributed by atoms with E-state index in [9.17, 15) is 9.59 Å². The lowest BCUT2D eigenvalue weighted by molar-refractivity contribution is -0.114. The van der Waals surface area contributed by atoms with Gasteiger partial charge in [-0.2, -0.15) is 4.99 Å². The van der Waals surface area contributed by atoms with Crippen molar-refractivity contribution in [1.82, 2.24) is 4.57 Å². The fraction of sp³-hybridized carbons (Fsp3) is 0.235. The monoisotopic (exact) mass is 359 g/mol. The Morgan fingerprint density at radius 3 is 2.88 bits per heavy atom. The summed E-state index contributed by atoms with van der Waals surface area (Å²) in [6.45, 7) is 2.50. The molecule has 1 N–H and O–H groups in total. The van der Waals surface area contributed by atoms with Gasteiger partial charge in [-0.3, -0.25) is 9.59 Å². The fourth-order valence-electron chi connectivity index (χ4n) is 2.38. The molecule has 130 valence electrons. The Hall–Kier alpha value is -2.71. The maximum atomic E-state index is 12.2. The zero-order chi connectivity index (χ0) is 17.8. The van der Waals surface area contributed by atoms with Crippen LogP contribution in [0.25, 0.3) is 10.2 Å². The van der Waals surface area contributed by atoms with Gasteiger partial charge in [0, 0.05) is 26.3 Å². The highest BCUT2D eigenvalue weighted by atomic mass is 32.1. The van der Waals surface area contributed by atoms with Crippen LogP contribution in [0.3, 0.4) is 0 Å². The third kappa shape index (κ3) is 3.86. The minimum atomic E-state index is -0.440. The lowest BCUT2D eigenvalue weighted by atomic mass is 10.3. The van der Waals surface area contributed by atoms with Crippen LogP contribution in [0.2, 0.25) is 0 Å². The first-order valence-corrected chi connectivity index (χ1v) is 8.42. The van der Waals surface area contributed by atoms with Crippen molar-refractivity contribution in [2.24, 2.45) is 4.99 Å². The Bertz CT molecular complexity index is 970. The molecule has 2 amide bonds. The molecule has 3 aromatic rings.